The van der Waals surface area contributed by atoms with Crippen LogP contribution in [0.2, 0.25) is 0 Å². The summed E-state index contributed by atoms with van der Waals surface area (Å²) in [4.78, 5) is 5.10. The molecule has 0 saturated carbocycles. The predicted molar refractivity (Wildman–Crippen MR) is 65.8 cm³/mol. The van der Waals surface area contributed by atoms with E-state index in [-0.39, 0.29) is 11.7 Å². The molecule has 1 heterocycles. The van der Waals surface area contributed by atoms with E-state index in [9.17, 15) is 4.39 Å². The molecule has 0 aliphatic carbocycles. The van der Waals surface area contributed by atoms with E-state index in [0.29, 0.717) is 5.69 Å². The van der Waals surface area contributed by atoms with Crippen molar-refractivity contribution in [2.75, 3.05) is 0 Å². The Morgan fingerprint density at radius 2 is 1.88 bits per heavy atom. The number of pyridine rings is 1. The summed E-state index contributed by atoms with van der Waals surface area (Å²) < 4.78 is 12.7. The highest BCUT2D eigenvalue weighted by molar-refractivity contribution is 7.99. The molecular weight excluding hydrogens is 237 g/mol. The molecule has 2 rings (SSSR count). The van der Waals surface area contributed by atoms with E-state index < -0.39 is 0 Å². The zero-order valence-corrected chi connectivity index (χ0v) is 9.67. The Morgan fingerprint density at radius 3 is 2.53 bits per heavy atom. The van der Waals surface area contributed by atoms with Gasteiger partial charge in [-0.25, -0.2) is 9.37 Å². The smallest absolute Gasteiger partial charge is 0.141 e. The lowest BCUT2D eigenvalue weighted by molar-refractivity contribution is 0.626. The van der Waals surface area contributed by atoms with Gasteiger partial charge in [-0.2, -0.15) is 0 Å². The van der Waals surface area contributed by atoms with Crippen LogP contribution in [-0.4, -0.2) is 10.8 Å². The van der Waals surface area contributed by atoms with Gasteiger partial charge in [-0.3, -0.25) is 5.41 Å². The monoisotopic (exact) mass is 247 g/mol. The van der Waals surface area contributed by atoms with Crippen LogP contribution in [0.15, 0.2) is 52.4 Å². The molecule has 5 heteroatoms. The van der Waals surface area contributed by atoms with Gasteiger partial charge in [0.1, 0.15) is 22.4 Å². The number of nitrogens with one attached hydrogen (secondary N) is 1. The van der Waals surface area contributed by atoms with Gasteiger partial charge in [0.15, 0.2) is 0 Å². The maximum absolute atomic E-state index is 12.7. The van der Waals surface area contributed by atoms with E-state index in [1.807, 2.05) is 6.07 Å². The van der Waals surface area contributed by atoms with Gasteiger partial charge in [0.2, 0.25) is 0 Å². The van der Waals surface area contributed by atoms with Crippen LogP contribution >= 0.6 is 11.8 Å². The van der Waals surface area contributed by atoms with Crippen molar-refractivity contribution in [3.63, 3.8) is 0 Å². The van der Waals surface area contributed by atoms with E-state index in [2.05, 4.69) is 4.98 Å². The molecule has 0 amide bonds. The molecule has 0 aliphatic heterocycles. The van der Waals surface area contributed by atoms with Crippen LogP contribution in [0.5, 0.6) is 0 Å². The highest BCUT2D eigenvalue weighted by Crippen LogP contribution is 2.25. The molecule has 17 heavy (non-hydrogen) atoms. The maximum atomic E-state index is 12.7. The SMILES string of the molecule is N=C(N)c1cccc(Sc2ccc(F)cc2)n1. The van der Waals surface area contributed by atoms with Crippen LogP contribution in [0.1, 0.15) is 5.69 Å². The maximum Gasteiger partial charge on any atom is 0.141 e. The van der Waals surface area contributed by atoms with Crippen molar-refractivity contribution < 1.29 is 4.39 Å². The number of hydrogen-bond donors (Lipinski definition) is 2. The summed E-state index contributed by atoms with van der Waals surface area (Å²) in [6.07, 6.45) is 0. The fraction of sp³-hybridized carbons (Fsp3) is 0. The number of benzene rings is 1. The third kappa shape index (κ3) is 3.04. The second-order valence-electron chi connectivity index (χ2n) is 3.33. The molecule has 0 unspecified atom stereocenters. The van der Waals surface area contributed by atoms with Crippen LogP contribution in [0, 0.1) is 11.2 Å². The van der Waals surface area contributed by atoms with Crippen molar-refractivity contribution in [3.05, 3.63) is 54.0 Å². The number of aromatic nitrogens is 1. The second-order valence-corrected chi connectivity index (χ2v) is 4.42. The van der Waals surface area contributed by atoms with E-state index in [1.54, 1.807) is 24.3 Å². The molecule has 0 bridgehead atoms. The van der Waals surface area contributed by atoms with Gasteiger partial charge in [0, 0.05) is 4.90 Å². The summed E-state index contributed by atoms with van der Waals surface area (Å²) in [7, 11) is 0. The lowest BCUT2D eigenvalue weighted by Crippen LogP contribution is -2.12. The normalized spacial score (nSPS) is 10.2. The number of halogens is 1. The molecule has 3 N–H and O–H groups in total. The lowest BCUT2D eigenvalue weighted by atomic mass is 10.3. The minimum atomic E-state index is -0.264. The van der Waals surface area contributed by atoms with Crippen LogP contribution in [-0.2, 0) is 0 Å². The number of hydrogen-bond acceptors (Lipinski definition) is 3. The van der Waals surface area contributed by atoms with Crippen molar-refractivity contribution in [3.8, 4) is 0 Å². The Kier molecular flexibility index (Phi) is 3.39. The average molecular weight is 247 g/mol. The number of nitrogens with zero attached hydrogens (tertiary/aromatic N) is 1. The summed E-state index contributed by atoms with van der Waals surface area (Å²) in [6.45, 7) is 0. The first-order chi connectivity index (χ1) is 8.15. The number of rotatable bonds is 3. The Balaban J connectivity index is 2.21. The molecule has 0 saturated heterocycles. The quantitative estimate of drug-likeness (QED) is 0.647. The Bertz CT molecular complexity index is 540. The van der Waals surface area contributed by atoms with Gasteiger partial charge in [0.05, 0.1) is 0 Å². The molecule has 0 spiro atoms. The van der Waals surface area contributed by atoms with Crippen LogP contribution in [0.3, 0.4) is 0 Å². The van der Waals surface area contributed by atoms with Gasteiger partial charge in [-0.1, -0.05) is 17.8 Å². The first-order valence-electron chi connectivity index (χ1n) is 4.90. The highest BCUT2D eigenvalue weighted by Gasteiger charge is 2.02. The summed E-state index contributed by atoms with van der Waals surface area (Å²) in [5, 5.41) is 8.02. The Labute approximate surface area is 102 Å². The fourth-order valence-corrected chi connectivity index (χ4v) is 2.05. The first-order valence-corrected chi connectivity index (χ1v) is 5.71. The van der Waals surface area contributed by atoms with E-state index in [1.165, 1.54) is 23.9 Å². The summed E-state index contributed by atoms with van der Waals surface area (Å²) >= 11 is 1.40. The van der Waals surface area contributed by atoms with Gasteiger partial charge < -0.3 is 5.73 Å². The van der Waals surface area contributed by atoms with E-state index >= 15 is 0 Å². The Hall–Kier alpha value is -1.88. The van der Waals surface area contributed by atoms with Crippen LogP contribution in [0.25, 0.3) is 0 Å². The standard InChI is InChI=1S/C12H10FN3S/c13-8-4-6-9(7-5-8)17-11-3-1-2-10(16-11)12(14)15/h1-7H,(H3,14,15). The zero-order chi connectivity index (χ0) is 12.3. The third-order valence-corrected chi connectivity index (χ3v) is 2.98. The zero-order valence-electron chi connectivity index (χ0n) is 8.85. The predicted octanol–water partition coefficient (Wildman–Crippen LogP) is 2.66. The van der Waals surface area contributed by atoms with Crippen molar-refractivity contribution in [2.45, 2.75) is 9.92 Å². The Morgan fingerprint density at radius 1 is 1.18 bits per heavy atom. The number of nitrogens with two attached hydrogens (primary N) is 1. The molecular formula is C12H10FN3S. The minimum absolute atomic E-state index is 0.0634. The summed E-state index contributed by atoms with van der Waals surface area (Å²) in [5.74, 6) is -0.327. The molecule has 86 valence electrons. The lowest BCUT2D eigenvalue weighted by Gasteiger charge is -2.03. The van der Waals surface area contributed by atoms with E-state index in [0.717, 1.165) is 9.92 Å². The van der Waals surface area contributed by atoms with Crippen molar-refractivity contribution in [2.24, 2.45) is 5.73 Å². The number of nitrogen functional groups attached to an aromatic ring is 1. The molecule has 0 aliphatic rings. The average Bonchev–Trinajstić information content (AvgIpc) is 2.32. The molecule has 0 radical (unpaired) electrons. The fourth-order valence-electron chi connectivity index (χ4n) is 1.25. The number of amidine groups is 1. The molecule has 1 aromatic carbocycles. The van der Waals surface area contributed by atoms with E-state index in [4.69, 9.17) is 11.1 Å². The van der Waals surface area contributed by atoms with Gasteiger partial charge >= 0.3 is 0 Å². The van der Waals surface area contributed by atoms with Gasteiger partial charge in [0.25, 0.3) is 0 Å². The first kappa shape index (κ1) is 11.6. The second kappa shape index (κ2) is 4.97. The topological polar surface area (TPSA) is 62.8 Å². The van der Waals surface area contributed by atoms with Gasteiger partial charge in [-0.15, -0.1) is 0 Å². The van der Waals surface area contributed by atoms with Crippen molar-refractivity contribution >= 4 is 17.6 Å². The molecule has 1 aromatic heterocycles. The van der Waals surface area contributed by atoms with Gasteiger partial charge in [-0.05, 0) is 36.4 Å². The van der Waals surface area contributed by atoms with Crippen molar-refractivity contribution in [1.82, 2.24) is 4.98 Å². The molecule has 0 atom stereocenters. The third-order valence-electron chi connectivity index (χ3n) is 2.04. The molecule has 3 nitrogen and oxygen atoms in total. The summed E-state index contributed by atoms with van der Waals surface area (Å²) in [6, 6.07) is 11.5. The minimum Gasteiger partial charge on any atom is -0.382 e. The highest BCUT2D eigenvalue weighted by atomic mass is 32.2. The van der Waals surface area contributed by atoms with Crippen LogP contribution in [0.4, 0.5) is 4.39 Å². The van der Waals surface area contributed by atoms with Crippen molar-refractivity contribution in [1.29, 1.82) is 5.41 Å². The largest absolute Gasteiger partial charge is 0.382 e. The van der Waals surface area contributed by atoms with Crippen LogP contribution < -0.4 is 5.73 Å². The molecule has 2 aromatic rings. The summed E-state index contributed by atoms with van der Waals surface area (Å²) in [5.41, 5.74) is 5.80. The molecule has 0 fully saturated rings.